The highest BCUT2D eigenvalue weighted by Crippen LogP contribution is 2.39. The van der Waals surface area contributed by atoms with Crippen LogP contribution < -0.4 is 0 Å². The normalized spacial score (nSPS) is 14.6. The van der Waals surface area contributed by atoms with Crippen molar-refractivity contribution in [1.82, 2.24) is 0 Å². The van der Waals surface area contributed by atoms with Gasteiger partial charge in [-0.15, -0.1) is 0 Å². The zero-order valence-electron chi connectivity index (χ0n) is 6.23. The summed E-state index contributed by atoms with van der Waals surface area (Å²) >= 11 is 0. The summed E-state index contributed by atoms with van der Waals surface area (Å²) in [6.07, 6.45) is 0. The molecule has 0 radical (unpaired) electrons. The van der Waals surface area contributed by atoms with E-state index in [1.165, 1.54) is 0 Å². The van der Waals surface area contributed by atoms with Gasteiger partial charge >= 0.3 is 21.3 Å². The molecule has 0 aromatic heterocycles. The predicted octanol–water partition coefficient (Wildman–Crippen LogP) is 1.16. The van der Waals surface area contributed by atoms with E-state index >= 15 is 0 Å². The van der Waals surface area contributed by atoms with Crippen LogP contribution in [0.4, 0.5) is 22.0 Å². The van der Waals surface area contributed by atoms with Gasteiger partial charge < -0.3 is 0 Å². The van der Waals surface area contributed by atoms with Crippen LogP contribution in [0.5, 0.6) is 0 Å². The SMILES string of the molecule is COS(=O)(=O)C(F)(F)C(F)(F)CF. The Labute approximate surface area is 70.6 Å². The van der Waals surface area contributed by atoms with Crippen LogP contribution in [0.25, 0.3) is 0 Å². The monoisotopic (exact) mass is 228 g/mol. The fourth-order valence-electron chi connectivity index (χ4n) is 0.365. The molecule has 0 N–H and O–H groups in total. The van der Waals surface area contributed by atoms with E-state index in [2.05, 4.69) is 4.18 Å². The average molecular weight is 228 g/mol. The fraction of sp³-hybridized carbons (Fsp3) is 1.00. The summed E-state index contributed by atoms with van der Waals surface area (Å²) in [4.78, 5) is 0. The van der Waals surface area contributed by atoms with E-state index in [4.69, 9.17) is 0 Å². The lowest BCUT2D eigenvalue weighted by atomic mass is 10.4. The van der Waals surface area contributed by atoms with E-state index in [0.29, 0.717) is 0 Å². The van der Waals surface area contributed by atoms with Crippen LogP contribution in [0.15, 0.2) is 0 Å². The van der Waals surface area contributed by atoms with E-state index in [1.807, 2.05) is 0 Å². The molecule has 0 aliphatic heterocycles. The molecule has 0 bridgehead atoms. The summed E-state index contributed by atoms with van der Waals surface area (Å²) in [7, 11) is -5.52. The zero-order valence-corrected chi connectivity index (χ0v) is 7.05. The molecule has 9 heteroatoms. The largest absolute Gasteiger partial charge is 0.434 e. The highest BCUT2D eigenvalue weighted by molar-refractivity contribution is 7.87. The van der Waals surface area contributed by atoms with Crippen molar-refractivity contribution < 1.29 is 34.6 Å². The van der Waals surface area contributed by atoms with Crippen molar-refractivity contribution in [2.45, 2.75) is 11.2 Å². The quantitative estimate of drug-likeness (QED) is 0.535. The van der Waals surface area contributed by atoms with Gasteiger partial charge in [0.15, 0.2) is 6.67 Å². The van der Waals surface area contributed by atoms with Crippen LogP contribution in [0.2, 0.25) is 0 Å². The molecule has 0 aliphatic carbocycles. The highest BCUT2D eigenvalue weighted by atomic mass is 32.2. The molecule has 0 heterocycles. The van der Waals surface area contributed by atoms with E-state index in [0.717, 1.165) is 0 Å². The molecule has 0 aromatic carbocycles. The topological polar surface area (TPSA) is 43.4 Å². The van der Waals surface area contributed by atoms with Crippen LogP contribution in [-0.4, -0.2) is 33.4 Å². The second-order valence-corrected chi connectivity index (χ2v) is 3.73. The van der Waals surface area contributed by atoms with Crippen LogP contribution in [-0.2, 0) is 14.3 Å². The molecule has 0 amide bonds. The van der Waals surface area contributed by atoms with Crippen LogP contribution in [0, 0.1) is 0 Å². The Balaban J connectivity index is 5.21. The maximum absolute atomic E-state index is 12.3. The molecule has 0 unspecified atom stereocenters. The molecule has 0 aromatic rings. The lowest BCUT2D eigenvalue weighted by molar-refractivity contribution is -0.169. The highest BCUT2D eigenvalue weighted by Gasteiger charge is 2.66. The maximum Gasteiger partial charge on any atom is 0.434 e. The number of rotatable bonds is 4. The van der Waals surface area contributed by atoms with Crippen molar-refractivity contribution in [3.63, 3.8) is 0 Å². The van der Waals surface area contributed by atoms with E-state index < -0.39 is 28.0 Å². The first-order valence-corrected chi connectivity index (χ1v) is 4.15. The third-order valence-corrected chi connectivity index (χ3v) is 2.49. The van der Waals surface area contributed by atoms with Crippen molar-refractivity contribution in [3.05, 3.63) is 0 Å². The van der Waals surface area contributed by atoms with Gasteiger partial charge in [0.1, 0.15) is 0 Å². The first-order valence-electron chi connectivity index (χ1n) is 2.74. The number of hydrogen-bond donors (Lipinski definition) is 0. The lowest BCUT2D eigenvalue weighted by Crippen LogP contribution is -2.48. The zero-order chi connectivity index (χ0) is 10.9. The molecule has 13 heavy (non-hydrogen) atoms. The summed E-state index contributed by atoms with van der Waals surface area (Å²) in [5.74, 6) is -5.29. The summed E-state index contributed by atoms with van der Waals surface area (Å²) in [6.45, 7) is -2.79. The van der Waals surface area contributed by atoms with Gasteiger partial charge in [-0.1, -0.05) is 0 Å². The van der Waals surface area contributed by atoms with E-state index in [1.54, 1.807) is 0 Å². The van der Waals surface area contributed by atoms with Crippen LogP contribution in [0.3, 0.4) is 0 Å². The summed E-state index contributed by atoms with van der Waals surface area (Å²) in [6, 6.07) is 0. The minimum atomic E-state index is -5.79. The minimum Gasteiger partial charge on any atom is -0.269 e. The number of halogens is 5. The van der Waals surface area contributed by atoms with Crippen molar-refractivity contribution >= 4 is 10.1 Å². The summed E-state index contributed by atoms with van der Waals surface area (Å²) in [5.41, 5.74) is 0. The van der Waals surface area contributed by atoms with Crippen LogP contribution in [0.1, 0.15) is 0 Å². The van der Waals surface area contributed by atoms with Gasteiger partial charge in [-0.2, -0.15) is 26.0 Å². The Morgan fingerprint density at radius 3 is 1.85 bits per heavy atom. The molecule has 3 nitrogen and oxygen atoms in total. The Kier molecular flexibility index (Phi) is 3.26. The molecule has 0 spiro atoms. The molecule has 80 valence electrons. The smallest absolute Gasteiger partial charge is 0.269 e. The predicted molar refractivity (Wildman–Crippen MR) is 31.8 cm³/mol. The fourth-order valence-corrected chi connectivity index (χ4v) is 0.995. The van der Waals surface area contributed by atoms with Gasteiger partial charge in [0, 0.05) is 0 Å². The van der Waals surface area contributed by atoms with Gasteiger partial charge in [0.25, 0.3) is 0 Å². The van der Waals surface area contributed by atoms with Crippen molar-refractivity contribution in [1.29, 1.82) is 0 Å². The summed E-state index contributed by atoms with van der Waals surface area (Å²) in [5, 5.41) is -5.57. The van der Waals surface area contributed by atoms with Gasteiger partial charge in [-0.05, 0) is 0 Å². The minimum absolute atomic E-state index is 0.275. The first-order chi connectivity index (χ1) is 5.62. The molecule has 0 aliphatic rings. The van der Waals surface area contributed by atoms with Gasteiger partial charge in [0.05, 0.1) is 7.11 Å². The molecule has 0 saturated heterocycles. The van der Waals surface area contributed by atoms with Crippen molar-refractivity contribution in [2.75, 3.05) is 13.8 Å². The molecule has 0 saturated carbocycles. The first kappa shape index (κ1) is 12.6. The maximum atomic E-state index is 12.3. The van der Waals surface area contributed by atoms with E-state index in [9.17, 15) is 30.4 Å². The van der Waals surface area contributed by atoms with Gasteiger partial charge in [0.2, 0.25) is 0 Å². The third kappa shape index (κ3) is 1.90. The number of hydrogen-bond acceptors (Lipinski definition) is 3. The third-order valence-electron chi connectivity index (χ3n) is 1.13. The van der Waals surface area contributed by atoms with Crippen molar-refractivity contribution in [3.8, 4) is 0 Å². The van der Waals surface area contributed by atoms with Crippen molar-refractivity contribution in [2.24, 2.45) is 0 Å². The Hall–Kier alpha value is -0.440. The second-order valence-electron chi connectivity index (χ2n) is 1.98. The Bertz CT molecular complexity index is 272. The van der Waals surface area contributed by atoms with Gasteiger partial charge in [-0.3, -0.25) is 4.18 Å². The molecular weight excluding hydrogens is 223 g/mol. The van der Waals surface area contributed by atoms with Gasteiger partial charge in [-0.25, -0.2) is 4.39 Å². The van der Waals surface area contributed by atoms with E-state index in [-0.39, 0.29) is 7.11 Å². The van der Waals surface area contributed by atoms with Crippen LogP contribution >= 0.6 is 0 Å². The lowest BCUT2D eigenvalue weighted by Gasteiger charge is -2.22. The Morgan fingerprint density at radius 2 is 1.62 bits per heavy atom. The summed E-state index contributed by atoms with van der Waals surface area (Å²) < 4.78 is 83.6. The molecule has 0 atom stereocenters. The Morgan fingerprint density at radius 1 is 1.23 bits per heavy atom. The standard InChI is InChI=1S/C4H5F5O3S/c1-12-13(10,11)4(8,9)3(6,7)2-5/h2H2,1H3. The average Bonchev–Trinajstić information content (AvgIpc) is 2.03. The second kappa shape index (κ2) is 3.37. The molecular formula is C4H5F5O3S. The molecule has 0 rings (SSSR count). The molecule has 0 fully saturated rings. The number of alkyl halides is 5.